The summed E-state index contributed by atoms with van der Waals surface area (Å²) in [6.07, 6.45) is 1.63. The Morgan fingerprint density at radius 1 is 1.07 bits per heavy atom. The molecule has 158 valence electrons. The number of nitrogens with zero attached hydrogens (tertiary/aromatic N) is 1. The van der Waals surface area contributed by atoms with Crippen molar-refractivity contribution in [1.29, 1.82) is 0 Å². The number of hydrogen-bond acceptors (Lipinski definition) is 5. The first kappa shape index (κ1) is 21.6. The quantitative estimate of drug-likeness (QED) is 0.503. The molecule has 3 aromatic rings. The smallest absolute Gasteiger partial charge is 0.310 e. The van der Waals surface area contributed by atoms with E-state index in [4.69, 9.17) is 13.9 Å². The number of ether oxygens (including phenoxy) is 2. The summed E-state index contributed by atoms with van der Waals surface area (Å²) in [6, 6.07) is 13.6. The highest BCUT2D eigenvalue weighted by molar-refractivity contribution is 5.87. The van der Waals surface area contributed by atoms with Crippen molar-refractivity contribution in [2.45, 2.75) is 26.8 Å². The molecule has 6 nitrogen and oxygen atoms in total. The third-order valence-corrected chi connectivity index (χ3v) is 5.10. The van der Waals surface area contributed by atoms with E-state index in [0.717, 1.165) is 33.2 Å². The lowest BCUT2D eigenvalue weighted by Crippen LogP contribution is -2.36. The Morgan fingerprint density at radius 3 is 2.53 bits per heavy atom. The van der Waals surface area contributed by atoms with Crippen LogP contribution in [0.3, 0.4) is 0 Å². The number of furan rings is 1. The van der Waals surface area contributed by atoms with Gasteiger partial charge in [0.25, 0.3) is 5.91 Å². The number of esters is 1. The molecule has 0 saturated carbocycles. The zero-order chi connectivity index (χ0) is 21.5. The van der Waals surface area contributed by atoms with Gasteiger partial charge in [-0.15, -0.1) is 0 Å². The number of aryl methyl sites for hydroxylation is 2. The monoisotopic (exact) mass is 409 g/mol. The van der Waals surface area contributed by atoms with Crippen LogP contribution in [-0.4, -0.2) is 43.6 Å². The molecule has 0 radical (unpaired) electrons. The molecule has 1 amide bonds. The lowest BCUT2D eigenvalue weighted by molar-refractivity contribution is -0.152. The third kappa shape index (κ3) is 5.48. The van der Waals surface area contributed by atoms with E-state index >= 15 is 0 Å². The first-order valence-electron chi connectivity index (χ1n) is 9.91. The molecule has 0 N–H and O–H groups in total. The van der Waals surface area contributed by atoms with Crippen LogP contribution in [0.4, 0.5) is 0 Å². The predicted octanol–water partition coefficient (Wildman–Crippen LogP) is 3.81. The Kier molecular flexibility index (Phi) is 7.25. The van der Waals surface area contributed by atoms with Gasteiger partial charge >= 0.3 is 5.97 Å². The summed E-state index contributed by atoms with van der Waals surface area (Å²) < 4.78 is 15.9. The topological polar surface area (TPSA) is 69.0 Å². The second-order valence-corrected chi connectivity index (χ2v) is 7.32. The Morgan fingerprint density at radius 2 is 1.80 bits per heavy atom. The van der Waals surface area contributed by atoms with E-state index in [1.807, 2.05) is 56.3 Å². The van der Waals surface area contributed by atoms with Gasteiger partial charge in [0.05, 0.1) is 19.3 Å². The summed E-state index contributed by atoms with van der Waals surface area (Å²) in [5.74, 6) is -0.719. The van der Waals surface area contributed by atoms with Crippen molar-refractivity contribution >= 4 is 22.8 Å². The molecule has 0 unspecified atom stereocenters. The Bertz CT molecular complexity index is 1010. The maximum atomic E-state index is 12.6. The van der Waals surface area contributed by atoms with Gasteiger partial charge in [0.1, 0.15) is 5.58 Å². The first-order valence-corrected chi connectivity index (χ1v) is 9.91. The maximum Gasteiger partial charge on any atom is 0.310 e. The van der Waals surface area contributed by atoms with Gasteiger partial charge < -0.3 is 18.8 Å². The summed E-state index contributed by atoms with van der Waals surface area (Å²) in [6.45, 7) is 5.00. The molecule has 1 heterocycles. The van der Waals surface area contributed by atoms with E-state index in [9.17, 15) is 9.59 Å². The standard InChI is InChI=1S/C24H27NO5/c1-17-11-21-20(15-29-22(21)12-18(17)2)13-24(27)30-16-23(26)25(9-10-28-3)14-19-7-5-4-6-8-19/h4-8,11-12,15H,9-10,13-14,16H2,1-3H3. The third-order valence-electron chi connectivity index (χ3n) is 5.10. The van der Waals surface area contributed by atoms with Crippen molar-refractivity contribution in [1.82, 2.24) is 4.90 Å². The fraction of sp³-hybridized carbons (Fsp3) is 0.333. The summed E-state index contributed by atoms with van der Waals surface area (Å²) in [4.78, 5) is 26.6. The second kappa shape index (κ2) is 10.1. The van der Waals surface area contributed by atoms with Gasteiger partial charge in [0.2, 0.25) is 0 Å². The van der Waals surface area contributed by atoms with Gasteiger partial charge in [-0.1, -0.05) is 30.3 Å². The molecule has 6 heteroatoms. The summed E-state index contributed by atoms with van der Waals surface area (Å²) >= 11 is 0. The van der Waals surface area contributed by atoms with Crippen molar-refractivity contribution < 1.29 is 23.5 Å². The summed E-state index contributed by atoms with van der Waals surface area (Å²) in [5.41, 5.74) is 4.76. The average Bonchev–Trinajstić information content (AvgIpc) is 3.11. The highest BCUT2D eigenvalue weighted by atomic mass is 16.5. The van der Waals surface area contributed by atoms with E-state index in [-0.39, 0.29) is 18.9 Å². The number of carbonyl (C=O) groups excluding carboxylic acids is 2. The van der Waals surface area contributed by atoms with Crippen LogP contribution in [0.2, 0.25) is 0 Å². The lowest BCUT2D eigenvalue weighted by Gasteiger charge is -2.22. The molecule has 0 spiro atoms. The minimum atomic E-state index is -0.462. The fourth-order valence-electron chi connectivity index (χ4n) is 3.21. The van der Waals surface area contributed by atoms with Crippen LogP contribution >= 0.6 is 0 Å². The minimum Gasteiger partial charge on any atom is -0.464 e. The van der Waals surface area contributed by atoms with Crippen LogP contribution < -0.4 is 0 Å². The Balaban J connectivity index is 1.59. The van der Waals surface area contributed by atoms with Crippen LogP contribution in [0, 0.1) is 13.8 Å². The lowest BCUT2D eigenvalue weighted by atomic mass is 10.0. The van der Waals surface area contributed by atoms with E-state index in [2.05, 4.69) is 0 Å². The van der Waals surface area contributed by atoms with E-state index in [0.29, 0.717) is 19.7 Å². The Labute approximate surface area is 176 Å². The minimum absolute atomic E-state index is 0.0551. The molecule has 0 aliphatic heterocycles. The van der Waals surface area contributed by atoms with Crippen LogP contribution in [0.5, 0.6) is 0 Å². The van der Waals surface area contributed by atoms with Gasteiger partial charge in [0, 0.05) is 31.1 Å². The largest absolute Gasteiger partial charge is 0.464 e. The fourth-order valence-corrected chi connectivity index (χ4v) is 3.21. The van der Waals surface area contributed by atoms with Crippen LogP contribution in [0.1, 0.15) is 22.3 Å². The van der Waals surface area contributed by atoms with E-state index in [1.165, 1.54) is 0 Å². The maximum absolute atomic E-state index is 12.6. The van der Waals surface area contributed by atoms with Crippen molar-refractivity contribution in [3.63, 3.8) is 0 Å². The van der Waals surface area contributed by atoms with Crippen molar-refractivity contribution in [3.05, 3.63) is 71.0 Å². The second-order valence-electron chi connectivity index (χ2n) is 7.32. The number of rotatable bonds is 9. The van der Waals surface area contributed by atoms with Crippen molar-refractivity contribution in [2.24, 2.45) is 0 Å². The van der Waals surface area contributed by atoms with Crippen LogP contribution in [0.15, 0.2) is 53.1 Å². The normalized spacial score (nSPS) is 10.9. The summed E-state index contributed by atoms with van der Waals surface area (Å²) in [7, 11) is 1.59. The molecule has 30 heavy (non-hydrogen) atoms. The zero-order valence-electron chi connectivity index (χ0n) is 17.6. The number of methoxy groups -OCH3 is 1. The molecule has 0 saturated heterocycles. The van der Waals surface area contributed by atoms with Crippen molar-refractivity contribution in [3.8, 4) is 0 Å². The van der Waals surface area contributed by atoms with Gasteiger partial charge in [-0.3, -0.25) is 9.59 Å². The number of benzene rings is 2. The van der Waals surface area contributed by atoms with Gasteiger partial charge in [0.15, 0.2) is 6.61 Å². The van der Waals surface area contributed by atoms with Crippen molar-refractivity contribution in [2.75, 3.05) is 26.9 Å². The predicted molar refractivity (Wildman–Crippen MR) is 114 cm³/mol. The molecule has 0 bridgehead atoms. The van der Waals surface area contributed by atoms with Gasteiger partial charge in [-0.05, 0) is 42.7 Å². The molecule has 0 fully saturated rings. The number of fused-ring (bicyclic) bond motifs is 1. The Hall–Kier alpha value is -3.12. The number of hydrogen-bond donors (Lipinski definition) is 0. The molecule has 2 aromatic carbocycles. The number of carbonyl (C=O) groups is 2. The van der Waals surface area contributed by atoms with Crippen LogP contribution in [-0.2, 0) is 32.0 Å². The van der Waals surface area contributed by atoms with E-state index < -0.39 is 5.97 Å². The average molecular weight is 409 g/mol. The molecule has 0 aliphatic carbocycles. The number of amides is 1. The molecular formula is C24H27NO5. The van der Waals surface area contributed by atoms with Gasteiger partial charge in [-0.25, -0.2) is 0 Å². The zero-order valence-corrected chi connectivity index (χ0v) is 17.6. The first-order chi connectivity index (χ1) is 14.5. The molecule has 0 atom stereocenters. The molecule has 1 aromatic heterocycles. The molecule has 3 rings (SSSR count). The van der Waals surface area contributed by atoms with Gasteiger partial charge in [-0.2, -0.15) is 0 Å². The highest BCUT2D eigenvalue weighted by Gasteiger charge is 2.18. The molecular weight excluding hydrogens is 382 g/mol. The molecule has 0 aliphatic rings. The van der Waals surface area contributed by atoms with Crippen LogP contribution in [0.25, 0.3) is 11.0 Å². The van der Waals surface area contributed by atoms with E-state index in [1.54, 1.807) is 18.3 Å². The highest BCUT2D eigenvalue weighted by Crippen LogP contribution is 2.25. The summed E-state index contributed by atoms with van der Waals surface area (Å²) in [5, 5.41) is 0.896. The SMILES string of the molecule is COCCN(Cc1ccccc1)C(=O)COC(=O)Cc1coc2cc(C)c(C)cc12.